The highest BCUT2D eigenvalue weighted by Crippen LogP contribution is 2.31. The van der Waals surface area contributed by atoms with Crippen molar-refractivity contribution in [3.63, 3.8) is 0 Å². The first-order valence-electron chi connectivity index (χ1n) is 8.11. The maximum absolute atomic E-state index is 12.8. The molecule has 1 heterocycles. The van der Waals surface area contributed by atoms with Crippen molar-refractivity contribution in [2.24, 2.45) is 0 Å². The number of sulfonamides is 2. The Morgan fingerprint density at radius 2 is 1.44 bits per heavy atom. The van der Waals surface area contributed by atoms with Gasteiger partial charge in [-0.05, 0) is 68.5 Å². The zero-order chi connectivity index (χ0) is 19.8. The summed E-state index contributed by atoms with van der Waals surface area (Å²) in [6.07, 6.45) is 0.542. The molecule has 10 heteroatoms. The number of fused-ring (bicyclic) bond motifs is 1. The van der Waals surface area contributed by atoms with Gasteiger partial charge in [0.25, 0.3) is 5.91 Å². The molecular weight excluding hydrogens is 390 g/mol. The lowest BCUT2D eigenvalue weighted by Gasteiger charge is -2.18. The van der Waals surface area contributed by atoms with Crippen LogP contribution in [0.1, 0.15) is 15.9 Å². The average Bonchev–Trinajstić information content (AvgIpc) is 3.10. The topological polar surface area (TPSA) is 113 Å². The highest BCUT2D eigenvalue weighted by molar-refractivity contribution is 7.89. The number of benzene rings is 2. The number of rotatable bonds is 5. The Morgan fingerprint density at radius 1 is 0.889 bits per heavy atom. The van der Waals surface area contributed by atoms with Crippen LogP contribution in [0.15, 0.2) is 52.3 Å². The number of nitrogens with one attached hydrogen (secondary N) is 2. The first kappa shape index (κ1) is 19.5. The van der Waals surface area contributed by atoms with Crippen molar-refractivity contribution in [3.05, 3.63) is 53.6 Å². The van der Waals surface area contributed by atoms with E-state index in [4.69, 9.17) is 0 Å². The van der Waals surface area contributed by atoms with Crippen LogP contribution in [0.5, 0.6) is 0 Å². The predicted octanol–water partition coefficient (Wildman–Crippen LogP) is 0.706. The van der Waals surface area contributed by atoms with Gasteiger partial charge in [-0.15, -0.1) is 0 Å². The Labute approximate surface area is 158 Å². The van der Waals surface area contributed by atoms with Gasteiger partial charge in [-0.1, -0.05) is 0 Å². The molecule has 3 rings (SSSR count). The van der Waals surface area contributed by atoms with Gasteiger partial charge in [-0.25, -0.2) is 26.3 Å². The van der Waals surface area contributed by atoms with Crippen LogP contribution in [-0.4, -0.2) is 43.4 Å². The van der Waals surface area contributed by atoms with E-state index in [2.05, 4.69) is 9.44 Å². The van der Waals surface area contributed by atoms with Crippen LogP contribution in [0.2, 0.25) is 0 Å². The molecule has 0 bridgehead atoms. The van der Waals surface area contributed by atoms with E-state index in [1.807, 2.05) is 0 Å². The number of hydrogen-bond donors (Lipinski definition) is 2. The normalized spacial score (nSPS) is 14.2. The fraction of sp³-hybridized carbons (Fsp3) is 0.235. The molecule has 0 aliphatic carbocycles. The summed E-state index contributed by atoms with van der Waals surface area (Å²) in [4.78, 5) is 14.6. The number of hydrogen-bond acceptors (Lipinski definition) is 5. The molecule has 0 spiro atoms. The van der Waals surface area contributed by atoms with Crippen molar-refractivity contribution in [2.75, 3.05) is 25.5 Å². The summed E-state index contributed by atoms with van der Waals surface area (Å²) in [5.74, 6) is -0.272. The quantitative estimate of drug-likeness (QED) is 0.755. The van der Waals surface area contributed by atoms with Gasteiger partial charge in [0, 0.05) is 17.8 Å². The minimum absolute atomic E-state index is 0.0743. The molecule has 0 saturated carbocycles. The van der Waals surface area contributed by atoms with E-state index in [9.17, 15) is 21.6 Å². The average molecular weight is 409 g/mol. The van der Waals surface area contributed by atoms with Gasteiger partial charge in [0.1, 0.15) is 0 Å². The number of nitrogens with zero attached hydrogens (tertiary/aromatic N) is 1. The molecule has 2 N–H and O–H groups in total. The molecule has 1 amide bonds. The fourth-order valence-corrected chi connectivity index (χ4v) is 4.43. The van der Waals surface area contributed by atoms with Crippen molar-refractivity contribution in [3.8, 4) is 0 Å². The number of amides is 1. The second-order valence-corrected chi connectivity index (χ2v) is 9.71. The molecular formula is C17H19N3O5S2. The molecule has 0 atom stereocenters. The molecule has 27 heavy (non-hydrogen) atoms. The monoisotopic (exact) mass is 409 g/mol. The Balaban J connectivity index is 1.89. The third kappa shape index (κ3) is 3.61. The van der Waals surface area contributed by atoms with E-state index in [1.54, 1.807) is 17.0 Å². The Bertz CT molecular complexity index is 1090. The largest absolute Gasteiger partial charge is 0.308 e. The van der Waals surface area contributed by atoms with Crippen LogP contribution < -0.4 is 14.3 Å². The summed E-state index contributed by atoms with van der Waals surface area (Å²) < 4.78 is 51.9. The second kappa shape index (κ2) is 7.04. The molecule has 0 aromatic heterocycles. The maximum Gasteiger partial charge on any atom is 0.258 e. The zero-order valence-corrected chi connectivity index (χ0v) is 16.4. The van der Waals surface area contributed by atoms with Crippen LogP contribution in [0.4, 0.5) is 5.69 Å². The van der Waals surface area contributed by atoms with E-state index >= 15 is 0 Å². The van der Waals surface area contributed by atoms with Crippen molar-refractivity contribution >= 4 is 31.6 Å². The highest BCUT2D eigenvalue weighted by Gasteiger charge is 2.27. The zero-order valence-electron chi connectivity index (χ0n) is 14.8. The van der Waals surface area contributed by atoms with Gasteiger partial charge in [0.2, 0.25) is 20.0 Å². The number of anilines is 1. The van der Waals surface area contributed by atoms with Gasteiger partial charge < -0.3 is 4.90 Å². The Hall–Kier alpha value is -2.27. The Morgan fingerprint density at radius 3 is 2.04 bits per heavy atom. The summed E-state index contributed by atoms with van der Waals surface area (Å²) in [5, 5.41) is 0. The summed E-state index contributed by atoms with van der Waals surface area (Å²) in [7, 11) is -4.45. The summed E-state index contributed by atoms with van der Waals surface area (Å²) in [6.45, 7) is 0.424. The van der Waals surface area contributed by atoms with Crippen LogP contribution in [0, 0.1) is 0 Å². The third-order valence-corrected chi connectivity index (χ3v) is 7.29. The smallest absolute Gasteiger partial charge is 0.258 e. The Kier molecular flexibility index (Phi) is 5.08. The molecule has 0 unspecified atom stereocenters. The molecule has 2 aromatic carbocycles. The minimum atomic E-state index is -3.57. The van der Waals surface area contributed by atoms with Crippen LogP contribution in [0.3, 0.4) is 0 Å². The lowest BCUT2D eigenvalue weighted by molar-refractivity contribution is 0.0989. The van der Waals surface area contributed by atoms with Gasteiger partial charge >= 0.3 is 0 Å². The lowest BCUT2D eigenvalue weighted by Crippen LogP contribution is -2.29. The molecule has 1 aliphatic heterocycles. The second-order valence-electron chi connectivity index (χ2n) is 5.94. The maximum atomic E-state index is 12.8. The minimum Gasteiger partial charge on any atom is -0.308 e. The SMILES string of the molecule is CNS(=O)(=O)c1ccc(C(=O)N2CCc3cc(S(=O)(=O)NC)ccc32)cc1. The fourth-order valence-electron chi connectivity index (χ4n) is 2.92. The van der Waals surface area contributed by atoms with E-state index in [0.717, 1.165) is 5.56 Å². The molecule has 2 aromatic rings. The molecule has 144 valence electrons. The van der Waals surface area contributed by atoms with Crippen LogP contribution in [-0.2, 0) is 26.5 Å². The van der Waals surface area contributed by atoms with Crippen LogP contribution in [0.25, 0.3) is 0 Å². The number of carbonyl (C=O) groups excluding carboxylic acids is 1. The lowest BCUT2D eigenvalue weighted by atomic mass is 10.1. The first-order chi connectivity index (χ1) is 12.7. The van der Waals surface area contributed by atoms with Crippen molar-refractivity contribution in [2.45, 2.75) is 16.2 Å². The van der Waals surface area contributed by atoms with Crippen molar-refractivity contribution in [1.29, 1.82) is 0 Å². The molecule has 0 saturated heterocycles. The van der Waals surface area contributed by atoms with Gasteiger partial charge in [-0.2, -0.15) is 0 Å². The molecule has 8 nitrogen and oxygen atoms in total. The van der Waals surface area contributed by atoms with Crippen molar-refractivity contribution in [1.82, 2.24) is 9.44 Å². The third-order valence-electron chi connectivity index (χ3n) is 4.45. The van der Waals surface area contributed by atoms with Gasteiger partial charge in [0.15, 0.2) is 0 Å². The molecule has 1 aliphatic rings. The van der Waals surface area contributed by atoms with E-state index < -0.39 is 20.0 Å². The van der Waals surface area contributed by atoms with E-state index in [-0.39, 0.29) is 15.7 Å². The van der Waals surface area contributed by atoms with Gasteiger partial charge in [0.05, 0.1) is 9.79 Å². The molecule has 0 fully saturated rings. The van der Waals surface area contributed by atoms with Crippen LogP contribution >= 0.6 is 0 Å². The number of carbonyl (C=O) groups is 1. The van der Waals surface area contributed by atoms with Gasteiger partial charge in [-0.3, -0.25) is 4.79 Å². The summed E-state index contributed by atoms with van der Waals surface area (Å²) in [5.41, 5.74) is 1.78. The van der Waals surface area contributed by atoms with Crippen molar-refractivity contribution < 1.29 is 21.6 Å². The standard InChI is InChI=1S/C17H19N3O5S2/c1-18-26(22,23)14-5-3-12(4-6-14)17(21)20-10-9-13-11-15(7-8-16(13)20)27(24,25)19-2/h3-8,11,18-19H,9-10H2,1-2H3. The highest BCUT2D eigenvalue weighted by atomic mass is 32.2. The summed E-state index contributed by atoms with van der Waals surface area (Å²) in [6, 6.07) is 10.3. The molecule has 0 radical (unpaired) electrons. The summed E-state index contributed by atoms with van der Waals surface area (Å²) >= 11 is 0. The predicted molar refractivity (Wildman–Crippen MR) is 101 cm³/mol. The first-order valence-corrected chi connectivity index (χ1v) is 11.1. The van der Waals surface area contributed by atoms with E-state index in [1.165, 1.54) is 44.4 Å². The van der Waals surface area contributed by atoms with E-state index in [0.29, 0.717) is 24.2 Å².